The fraction of sp³-hybridized carbons (Fsp3) is 0.500. The van der Waals surface area contributed by atoms with Gasteiger partial charge in [0, 0.05) is 33.3 Å². The maximum Gasteiger partial charge on any atom is 0.315 e. The van der Waals surface area contributed by atoms with Gasteiger partial charge in [-0.2, -0.15) is 0 Å². The molecular weight excluding hydrogens is 468 g/mol. The highest BCUT2D eigenvalue weighted by Gasteiger charge is 2.35. The summed E-state index contributed by atoms with van der Waals surface area (Å²) in [5.74, 6) is 1.04. The Bertz CT molecular complexity index is 910. The van der Waals surface area contributed by atoms with E-state index in [2.05, 4.69) is 72.2 Å². The summed E-state index contributed by atoms with van der Waals surface area (Å²) in [4.78, 5) is 16.8. The smallest absolute Gasteiger partial charge is 0.315 e. The zero-order valence-corrected chi connectivity index (χ0v) is 22.6. The third-order valence-electron chi connectivity index (χ3n) is 6.03. The lowest BCUT2D eigenvalue weighted by Gasteiger charge is -2.37. The Hall–Kier alpha value is -1.28. The van der Waals surface area contributed by atoms with Gasteiger partial charge in [0.2, 0.25) is 0 Å². The number of fused-ring (bicyclic) bond motifs is 1. The number of anilines is 2. The number of ether oxygens (including phenoxy) is 1. The molecule has 2 aromatic carbocycles. The normalized spacial score (nSPS) is 18.0. The van der Waals surface area contributed by atoms with Crippen LogP contribution in [0.15, 0.2) is 52.3 Å². The van der Waals surface area contributed by atoms with Crippen LogP contribution in [0.25, 0.3) is 0 Å². The van der Waals surface area contributed by atoms with Crippen molar-refractivity contribution in [3.05, 3.63) is 48.0 Å². The van der Waals surface area contributed by atoms with Gasteiger partial charge in [0.1, 0.15) is 0 Å². The van der Waals surface area contributed by atoms with Crippen LogP contribution in [0.2, 0.25) is 0 Å². The minimum atomic E-state index is -0.141. The first-order valence-corrected chi connectivity index (χ1v) is 15.0. The van der Waals surface area contributed by atoms with Crippen molar-refractivity contribution in [3.63, 3.8) is 0 Å². The van der Waals surface area contributed by atoms with Gasteiger partial charge in [0.05, 0.1) is 18.0 Å². The van der Waals surface area contributed by atoms with Gasteiger partial charge < -0.3 is 9.64 Å². The molecule has 0 bridgehead atoms. The Labute approximate surface area is 212 Å². The van der Waals surface area contributed by atoms with Crippen LogP contribution >= 0.6 is 35.5 Å². The molecule has 33 heavy (non-hydrogen) atoms. The van der Waals surface area contributed by atoms with Crippen molar-refractivity contribution in [1.82, 2.24) is 4.72 Å². The summed E-state index contributed by atoms with van der Waals surface area (Å²) in [5, 5.41) is 0. The lowest BCUT2D eigenvalue weighted by Crippen LogP contribution is -2.48. The quantitative estimate of drug-likeness (QED) is 0.196. The largest absolute Gasteiger partial charge is 0.465 e. The van der Waals surface area contributed by atoms with Crippen LogP contribution in [0.1, 0.15) is 52.0 Å². The van der Waals surface area contributed by atoms with Crippen molar-refractivity contribution in [1.29, 1.82) is 0 Å². The average Bonchev–Trinajstić information content (AvgIpc) is 3.00. The molecule has 4 nitrogen and oxygen atoms in total. The highest BCUT2D eigenvalue weighted by molar-refractivity contribution is 8.00. The molecule has 3 rings (SSSR count). The van der Waals surface area contributed by atoms with Gasteiger partial charge in [0.25, 0.3) is 0 Å². The van der Waals surface area contributed by atoms with Gasteiger partial charge >= 0.3 is 5.97 Å². The second-order valence-corrected chi connectivity index (χ2v) is 11.0. The van der Waals surface area contributed by atoms with E-state index >= 15 is 0 Å². The summed E-state index contributed by atoms with van der Waals surface area (Å²) in [7, 11) is 0. The zero-order valence-electron chi connectivity index (χ0n) is 20.2. The number of para-hydroxylation sites is 1. The molecule has 0 radical (unpaired) electrons. The van der Waals surface area contributed by atoms with E-state index in [1.165, 1.54) is 39.6 Å². The number of hydrogen-bond acceptors (Lipinski definition) is 7. The number of esters is 1. The molecule has 0 aliphatic carbocycles. The van der Waals surface area contributed by atoms with Gasteiger partial charge in [-0.3, -0.25) is 9.52 Å². The Morgan fingerprint density at radius 3 is 2.67 bits per heavy atom. The van der Waals surface area contributed by atoms with Crippen molar-refractivity contribution < 1.29 is 9.53 Å². The van der Waals surface area contributed by atoms with Gasteiger partial charge in [-0.15, -0.1) is 23.5 Å². The standard InChI is InChI=1S/C26H36N2O2S3/c1-5-8-14-26(6-2)19-28(21-12-10-9-11-13-21)22-16-23(31-4)20(15-24(22)33-27-26)17-32-18-25(29)30-7-3/h9-13,15-16,27H,5-8,14,17-19H2,1-4H3. The molecule has 0 amide bonds. The van der Waals surface area contributed by atoms with Crippen LogP contribution in [0.3, 0.4) is 0 Å². The van der Waals surface area contributed by atoms with E-state index in [0.717, 1.165) is 25.1 Å². The molecule has 1 aliphatic rings. The SMILES string of the molecule is CCCCC1(CC)CN(c2ccccc2)c2cc(SC)c(CSCC(=O)OCC)cc2SN1. The molecule has 0 saturated heterocycles. The fourth-order valence-electron chi connectivity index (χ4n) is 4.06. The topological polar surface area (TPSA) is 41.6 Å². The second kappa shape index (κ2) is 13.0. The third kappa shape index (κ3) is 6.87. The van der Waals surface area contributed by atoms with Crippen LogP contribution in [0.5, 0.6) is 0 Å². The Kier molecular flexibility index (Phi) is 10.4. The zero-order chi connectivity index (χ0) is 23.7. The second-order valence-electron chi connectivity index (χ2n) is 8.29. The first-order chi connectivity index (χ1) is 16.1. The summed E-state index contributed by atoms with van der Waals surface area (Å²) < 4.78 is 8.97. The van der Waals surface area contributed by atoms with Crippen molar-refractivity contribution in [2.75, 3.05) is 30.1 Å². The van der Waals surface area contributed by atoms with Crippen LogP contribution in [0, 0.1) is 0 Å². The van der Waals surface area contributed by atoms with E-state index in [1.807, 2.05) is 6.92 Å². The average molecular weight is 505 g/mol. The number of hydrogen-bond donors (Lipinski definition) is 1. The molecule has 0 spiro atoms. The summed E-state index contributed by atoms with van der Waals surface area (Å²) in [6, 6.07) is 15.4. The lowest BCUT2D eigenvalue weighted by molar-refractivity contribution is -0.139. The summed E-state index contributed by atoms with van der Waals surface area (Å²) in [6.45, 7) is 7.79. The molecule has 1 N–H and O–H groups in total. The molecule has 1 heterocycles. The van der Waals surface area contributed by atoms with Crippen LogP contribution in [-0.2, 0) is 15.3 Å². The first-order valence-electron chi connectivity index (χ1n) is 11.8. The molecule has 1 aliphatic heterocycles. The van der Waals surface area contributed by atoms with Crippen molar-refractivity contribution >= 4 is 52.8 Å². The van der Waals surface area contributed by atoms with E-state index in [4.69, 9.17) is 4.74 Å². The predicted octanol–water partition coefficient (Wildman–Crippen LogP) is 7.29. The minimum absolute atomic E-state index is 0.0495. The number of nitrogens with zero attached hydrogens (tertiary/aromatic N) is 1. The lowest BCUT2D eigenvalue weighted by atomic mass is 9.89. The highest BCUT2D eigenvalue weighted by Crippen LogP contribution is 2.44. The number of nitrogens with one attached hydrogen (secondary N) is 1. The third-order valence-corrected chi connectivity index (χ3v) is 8.88. The number of unbranched alkanes of at least 4 members (excludes halogenated alkanes) is 1. The minimum Gasteiger partial charge on any atom is -0.465 e. The molecule has 0 saturated carbocycles. The van der Waals surface area contributed by atoms with Gasteiger partial charge in [-0.25, -0.2) is 0 Å². The monoisotopic (exact) mass is 504 g/mol. The van der Waals surface area contributed by atoms with Gasteiger partial charge in [-0.05, 0) is 67.8 Å². The fourth-order valence-corrected chi connectivity index (χ4v) is 6.70. The van der Waals surface area contributed by atoms with Crippen molar-refractivity contribution in [3.8, 4) is 0 Å². The maximum atomic E-state index is 11.8. The summed E-state index contributed by atoms with van der Waals surface area (Å²) >= 11 is 5.17. The van der Waals surface area contributed by atoms with E-state index in [1.54, 1.807) is 35.5 Å². The molecule has 7 heteroatoms. The predicted molar refractivity (Wildman–Crippen MR) is 146 cm³/mol. The van der Waals surface area contributed by atoms with Crippen molar-refractivity contribution in [2.24, 2.45) is 0 Å². The van der Waals surface area contributed by atoms with Crippen molar-refractivity contribution in [2.45, 2.75) is 67.5 Å². The molecule has 1 atom stereocenters. The van der Waals surface area contributed by atoms with Crippen LogP contribution in [-0.4, -0.2) is 36.7 Å². The first kappa shape index (κ1) is 26.3. The number of benzene rings is 2. The Morgan fingerprint density at radius 1 is 1.21 bits per heavy atom. The molecule has 0 fully saturated rings. The van der Waals surface area contributed by atoms with Crippen LogP contribution < -0.4 is 9.62 Å². The Balaban J connectivity index is 1.95. The number of carbonyl (C=O) groups excluding carboxylic acids is 1. The van der Waals surface area contributed by atoms with E-state index in [0.29, 0.717) is 12.4 Å². The van der Waals surface area contributed by atoms with Gasteiger partial charge in [-0.1, -0.05) is 44.9 Å². The molecule has 1 unspecified atom stereocenters. The number of carbonyl (C=O) groups is 1. The van der Waals surface area contributed by atoms with E-state index in [-0.39, 0.29) is 11.5 Å². The van der Waals surface area contributed by atoms with E-state index < -0.39 is 0 Å². The maximum absolute atomic E-state index is 11.8. The Morgan fingerprint density at radius 2 is 2.00 bits per heavy atom. The van der Waals surface area contributed by atoms with Crippen LogP contribution in [0.4, 0.5) is 11.4 Å². The van der Waals surface area contributed by atoms with E-state index in [9.17, 15) is 4.79 Å². The number of rotatable bonds is 11. The molecule has 0 aromatic heterocycles. The highest BCUT2D eigenvalue weighted by atomic mass is 32.2. The molecule has 180 valence electrons. The summed E-state index contributed by atoms with van der Waals surface area (Å²) in [6.07, 6.45) is 6.78. The van der Waals surface area contributed by atoms with Gasteiger partial charge in [0.15, 0.2) is 0 Å². The molecular formula is C26H36N2O2S3. The number of thioether (sulfide) groups is 2. The molecule has 2 aromatic rings. The summed E-state index contributed by atoms with van der Waals surface area (Å²) in [5.41, 5.74) is 3.81.